The Kier molecular flexibility index (Phi) is 7.34. The molecule has 2 heteroatoms. The first kappa shape index (κ1) is 16.9. The molecule has 0 aliphatic carbocycles. The molecule has 2 nitrogen and oxygen atoms in total. The molecule has 0 heterocycles. The van der Waals surface area contributed by atoms with Crippen molar-refractivity contribution in [2.75, 3.05) is 19.8 Å². The third-order valence-electron chi connectivity index (χ3n) is 3.15. The number of nitrogens with one attached hydrogen (secondary N) is 1. The second-order valence-electron chi connectivity index (χ2n) is 7.03. The first-order valence-electron chi connectivity index (χ1n) is 6.99. The van der Waals surface area contributed by atoms with Crippen LogP contribution in [0.5, 0.6) is 0 Å². The van der Waals surface area contributed by atoms with Crippen LogP contribution in [0.25, 0.3) is 0 Å². The van der Waals surface area contributed by atoms with E-state index in [1.165, 1.54) is 12.8 Å². The molecular weight excluding hydrogens is 210 g/mol. The molecule has 0 aromatic heterocycles. The Morgan fingerprint density at radius 1 is 1.06 bits per heavy atom. The zero-order valence-corrected chi connectivity index (χ0v) is 13.0. The van der Waals surface area contributed by atoms with E-state index in [1.807, 2.05) is 0 Å². The normalized spacial score (nSPS) is 15.0. The van der Waals surface area contributed by atoms with Gasteiger partial charge in [0.15, 0.2) is 0 Å². The van der Waals surface area contributed by atoms with Gasteiger partial charge in [-0.05, 0) is 58.4 Å². The summed E-state index contributed by atoms with van der Waals surface area (Å²) in [4.78, 5) is 0. The van der Waals surface area contributed by atoms with Crippen LogP contribution in [-0.2, 0) is 4.74 Å². The Morgan fingerprint density at radius 2 is 1.65 bits per heavy atom. The molecule has 0 aromatic rings. The molecule has 0 aliphatic heterocycles. The molecule has 104 valence electrons. The van der Waals surface area contributed by atoms with Gasteiger partial charge in [-0.3, -0.25) is 0 Å². The van der Waals surface area contributed by atoms with E-state index < -0.39 is 0 Å². The lowest BCUT2D eigenvalue weighted by Gasteiger charge is -2.34. The van der Waals surface area contributed by atoms with Crippen molar-refractivity contribution in [3.05, 3.63) is 0 Å². The molecule has 0 saturated heterocycles. The Hall–Kier alpha value is -0.0800. The fourth-order valence-electron chi connectivity index (χ4n) is 1.85. The summed E-state index contributed by atoms with van der Waals surface area (Å²) in [5.74, 6) is 0.710. The average Bonchev–Trinajstić information content (AvgIpc) is 2.13. The molecule has 0 aromatic carbocycles. The van der Waals surface area contributed by atoms with Crippen molar-refractivity contribution in [1.82, 2.24) is 5.32 Å². The van der Waals surface area contributed by atoms with Gasteiger partial charge in [-0.2, -0.15) is 0 Å². The van der Waals surface area contributed by atoms with E-state index in [9.17, 15) is 0 Å². The van der Waals surface area contributed by atoms with Gasteiger partial charge in [-0.1, -0.05) is 20.8 Å². The van der Waals surface area contributed by atoms with Crippen molar-refractivity contribution < 1.29 is 4.74 Å². The van der Waals surface area contributed by atoms with Crippen LogP contribution in [0.3, 0.4) is 0 Å². The molecule has 0 amide bonds. The first-order valence-corrected chi connectivity index (χ1v) is 6.99. The Morgan fingerprint density at radius 3 is 2.06 bits per heavy atom. The SMILES string of the molecule is CCOCCCC(CNC(C)(C)C)C(C)(C)C. The third kappa shape index (κ3) is 9.61. The number of hydrogen-bond donors (Lipinski definition) is 1. The molecular formula is C15H33NO. The summed E-state index contributed by atoms with van der Waals surface area (Å²) in [6.07, 6.45) is 2.41. The second kappa shape index (κ2) is 7.38. The molecule has 0 aliphatic rings. The zero-order chi connectivity index (χ0) is 13.5. The minimum atomic E-state index is 0.212. The highest BCUT2D eigenvalue weighted by Gasteiger charge is 2.25. The molecule has 0 rings (SSSR count). The highest BCUT2D eigenvalue weighted by molar-refractivity contribution is 4.80. The number of hydrogen-bond acceptors (Lipinski definition) is 2. The quantitative estimate of drug-likeness (QED) is 0.686. The van der Waals surface area contributed by atoms with Crippen LogP contribution in [0.1, 0.15) is 61.3 Å². The van der Waals surface area contributed by atoms with Gasteiger partial charge < -0.3 is 10.1 Å². The van der Waals surface area contributed by atoms with Crippen molar-refractivity contribution >= 4 is 0 Å². The van der Waals surface area contributed by atoms with Crippen LogP contribution < -0.4 is 5.32 Å². The maximum absolute atomic E-state index is 5.42. The second-order valence-corrected chi connectivity index (χ2v) is 7.03. The van der Waals surface area contributed by atoms with Crippen LogP contribution in [-0.4, -0.2) is 25.3 Å². The van der Waals surface area contributed by atoms with Gasteiger partial charge in [-0.15, -0.1) is 0 Å². The largest absolute Gasteiger partial charge is 0.382 e. The van der Waals surface area contributed by atoms with Gasteiger partial charge in [0, 0.05) is 18.8 Å². The molecule has 1 unspecified atom stereocenters. The van der Waals surface area contributed by atoms with E-state index in [2.05, 4.69) is 53.8 Å². The summed E-state index contributed by atoms with van der Waals surface area (Å²) in [5, 5.41) is 3.63. The average molecular weight is 243 g/mol. The summed E-state index contributed by atoms with van der Waals surface area (Å²) in [6, 6.07) is 0. The fraction of sp³-hybridized carbons (Fsp3) is 1.00. The molecule has 0 radical (unpaired) electrons. The molecule has 17 heavy (non-hydrogen) atoms. The summed E-state index contributed by atoms with van der Waals surface area (Å²) < 4.78 is 5.42. The maximum atomic E-state index is 5.42. The Balaban J connectivity index is 4.08. The zero-order valence-electron chi connectivity index (χ0n) is 13.0. The number of ether oxygens (including phenoxy) is 1. The van der Waals surface area contributed by atoms with Crippen molar-refractivity contribution in [1.29, 1.82) is 0 Å². The first-order chi connectivity index (χ1) is 7.67. The summed E-state index contributed by atoms with van der Waals surface area (Å²) >= 11 is 0. The summed E-state index contributed by atoms with van der Waals surface area (Å²) in [5.41, 5.74) is 0.577. The minimum Gasteiger partial charge on any atom is -0.382 e. The van der Waals surface area contributed by atoms with Crippen molar-refractivity contribution in [2.45, 2.75) is 66.8 Å². The maximum Gasteiger partial charge on any atom is 0.0466 e. The van der Waals surface area contributed by atoms with Crippen LogP contribution in [0.2, 0.25) is 0 Å². The third-order valence-corrected chi connectivity index (χ3v) is 3.15. The molecule has 0 fully saturated rings. The molecule has 0 saturated carbocycles. The lowest BCUT2D eigenvalue weighted by atomic mass is 9.78. The van der Waals surface area contributed by atoms with E-state index in [-0.39, 0.29) is 5.54 Å². The molecule has 1 atom stereocenters. The fourth-order valence-corrected chi connectivity index (χ4v) is 1.85. The van der Waals surface area contributed by atoms with E-state index in [0.717, 1.165) is 19.8 Å². The van der Waals surface area contributed by atoms with Gasteiger partial charge >= 0.3 is 0 Å². The van der Waals surface area contributed by atoms with Crippen molar-refractivity contribution in [2.24, 2.45) is 11.3 Å². The van der Waals surface area contributed by atoms with Crippen LogP contribution in [0.15, 0.2) is 0 Å². The predicted octanol–water partition coefficient (Wildman–Crippen LogP) is 3.85. The number of rotatable bonds is 7. The van der Waals surface area contributed by atoms with Gasteiger partial charge in [-0.25, -0.2) is 0 Å². The van der Waals surface area contributed by atoms with Gasteiger partial charge in [0.1, 0.15) is 0 Å². The summed E-state index contributed by atoms with van der Waals surface area (Å²) in [6.45, 7) is 18.6. The smallest absolute Gasteiger partial charge is 0.0466 e. The van der Waals surface area contributed by atoms with Crippen molar-refractivity contribution in [3.63, 3.8) is 0 Å². The van der Waals surface area contributed by atoms with Crippen LogP contribution >= 0.6 is 0 Å². The van der Waals surface area contributed by atoms with Gasteiger partial charge in [0.05, 0.1) is 0 Å². The lowest BCUT2D eigenvalue weighted by Crippen LogP contribution is -2.42. The highest BCUT2D eigenvalue weighted by Crippen LogP contribution is 2.29. The highest BCUT2D eigenvalue weighted by atomic mass is 16.5. The van der Waals surface area contributed by atoms with E-state index in [1.54, 1.807) is 0 Å². The molecule has 0 spiro atoms. The van der Waals surface area contributed by atoms with E-state index >= 15 is 0 Å². The minimum absolute atomic E-state index is 0.212. The predicted molar refractivity (Wildman–Crippen MR) is 76.4 cm³/mol. The van der Waals surface area contributed by atoms with Gasteiger partial charge in [0.2, 0.25) is 0 Å². The van der Waals surface area contributed by atoms with E-state index in [0.29, 0.717) is 11.3 Å². The van der Waals surface area contributed by atoms with Crippen molar-refractivity contribution in [3.8, 4) is 0 Å². The van der Waals surface area contributed by atoms with Crippen LogP contribution in [0.4, 0.5) is 0 Å². The Bertz CT molecular complexity index is 188. The molecule has 0 bridgehead atoms. The molecule has 1 N–H and O–H groups in total. The monoisotopic (exact) mass is 243 g/mol. The van der Waals surface area contributed by atoms with Crippen LogP contribution in [0, 0.1) is 11.3 Å². The standard InChI is InChI=1S/C15H33NO/c1-8-17-11-9-10-13(14(2,3)4)12-16-15(5,6)7/h13,16H,8-12H2,1-7H3. The summed E-state index contributed by atoms with van der Waals surface area (Å²) in [7, 11) is 0. The van der Waals surface area contributed by atoms with Gasteiger partial charge in [0.25, 0.3) is 0 Å². The van der Waals surface area contributed by atoms with E-state index in [4.69, 9.17) is 4.74 Å². The lowest BCUT2D eigenvalue weighted by molar-refractivity contribution is 0.125. The topological polar surface area (TPSA) is 21.3 Å². The Labute approximate surface area is 109 Å².